The van der Waals surface area contributed by atoms with Crippen molar-refractivity contribution in [1.82, 2.24) is 0 Å². The Hall–Kier alpha value is -2.15. The molecule has 0 aromatic heterocycles. The minimum atomic E-state index is 0.0895. The van der Waals surface area contributed by atoms with Crippen LogP contribution in [0, 0.1) is 6.92 Å². The van der Waals surface area contributed by atoms with E-state index < -0.39 is 0 Å². The summed E-state index contributed by atoms with van der Waals surface area (Å²) in [5.74, 6) is 0.0895. The summed E-state index contributed by atoms with van der Waals surface area (Å²) in [4.78, 5) is 12.3. The number of allylic oxidation sites excluding steroid dienone is 1. The zero-order valence-corrected chi connectivity index (χ0v) is 12.4. The van der Waals surface area contributed by atoms with Gasteiger partial charge in [0.1, 0.15) is 0 Å². The summed E-state index contributed by atoms with van der Waals surface area (Å²) in [6.45, 7) is 2.06. The molecule has 0 bridgehead atoms. The lowest BCUT2D eigenvalue weighted by atomic mass is 9.89. The van der Waals surface area contributed by atoms with Gasteiger partial charge >= 0.3 is 0 Å². The maximum atomic E-state index is 12.3. The van der Waals surface area contributed by atoms with Gasteiger partial charge in [-0.15, -0.1) is 0 Å². The van der Waals surface area contributed by atoms with Crippen molar-refractivity contribution in [2.24, 2.45) is 0 Å². The van der Waals surface area contributed by atoms with Gasteiger partial charge in [0.15, 0.2) is 5.78 Å². The summed E-state index contributed by atoms with van der Waals surface area (Å²) in [6.07, 6.45) is 8.38. The van der Waals surface area contributed by atoms with E-state index in [4.69, 9.17) is 0 Å². The molecule has 0 spiro atoms. The molecule has 0 saturated carbocycles. The quantitative estimate of drug-likeness (QED) is 0.583. The molecule has 3 rings (SSSR count). The standard InChI is InChI=1S/C20H20O/c1-15-6-2-3-7-16(15)12-13-20(21)19-11-10-17-8-4-5-9-18(17)14-19/h2-3,6-7,10-14H,4-5,8-9H2,1H3/b13-12+. The van der Waals surface area contributed by atoms with Crippen LogP contribution in [0.1, 0.15) is 45.5 Å². The van der Waals surface area contributed by atoms with Crippen LogP contribution in [-0.4, -0.2) is 5.78 Å². The van der Waals surface area contributed by atoms with Crippen LogP contribution in [0.25, 0.3) is 6.08 Å². The first-order chi connectivity index (χ1) is 10.2. The van der Waals surface area contributed by atoms with Crippen LogP contribution in [0.2, 0.25) is 0 Å². The number of carbonyl (C=O) groups excluding carboxylic acids is 1. The fraction of sp³-hybridized carbons (Fsp3) is 0.250. The summed E-state index contributed by atoms with van der Waals surface area (Å²) >= 11 is 0. The third-order valence-corrected chi connectivity index (χ3v) is 4.24. The molecule has 1 aliphatic carbocycles. The normalized spacial score (nSPS) is 14.1. The zero-order valence-electron chi connectivity index (χ0n) is 12.4. The van der Waals surface area contributed by atoms with Crippen molar-refractivity contribution < 1.29 is 4.79 Å². The molecule has 0 atom stereocenters. The largest absolute Gasteiger partial charge is 0.289 e. The lowest BCUT2D eigenvalue weighted by Crippen LogP contribution is -2.05. The number of fused-ring (bicyclic) bond motifs is 1. The predicted molar refractivity (Wildman–Crippen MR) is 87.6 cm³/mol. The molecule has 1 aliphatic rings. The molecular formula is C20H20O. The molecule has 1 nitrogen and oxygen atoms in total. The Bertz CT molecular complexity index is 695. The van der Waals surface area contributed by atoms with Crippen molar-refractivity contribution in [3.8, 4) is 0 Å². The molecule has 2 aromatic carbocycles. The predicted octanol–water partition coefficient (Wildman–Crippen LogP) is 4.77. The van der Waals surface area contributed by atoms with E-state index >= 15 is 0 Å². The van der Waals surface area contributed by atoms with E-state index in [1.54, 1.807) is 6.08 Å². The number of hydrogen-bond donors (Lipinski definition) is 0. The van der Waals surface area contributed by atoms with E-state index in [1.807, 2.05) is 30.3 Å². The summed E-state index contributed by atoms with van der Waals surface area (Å²) in [5.41, 5.74) is 5.87. The maximum absolute atomic E-state index is 12.3. The summed E-state index contributed by atoms with van der Waals surface area (Å²) < 4.78 is 0. The topological polar surface area (TPSA) is 17.1 Å². The van der Waals surface area contributed by atoms with E-state index in [-0.39, 0.29) is 5.78 Å². The van der Waals surface area contributed by atoms with E-state index in [9.17, 15) is 4.79 Å². The number of aryl methyl sites for hydroxylation is 3. The fourth-order valence-electron chi connectivity index (χ4n) is 2.92. The van der Waals surface area contributed by atoms with Crippen molar-refractivity contribution in [3.05, 3.63) is 76.4 Å². The molecule has 0 amide bonds. The van der Waals surface area contributed by atoms with Gasteiger partial charge in [-0.2, -0.15) is 0 Å². The van der Waals surface area contributed by atoms with Gasteiger partial charge in [-0.05, 0) is 67.0 Å². The Morgan fingerprint density at radius 3 is 2.57 bits per heavy atom. The first-order valence-electron chi connectivity index (χ1n) is 7.64. The summed E-state index contributed by atoms with van der Waals surface area (Å²) in [6, 6.07) is 14.3. The van der Waals surface area contributed by atoms with Gasteiger partial charge < -0.3 is 0 Å². The van der Waals surface area contributed by atoms with Crippen LogP contribution in [0.3, 0.4) is 0 Å². The van der Waals surface area contributed by atoms with Crippen molar-refractivity contribution >= 4 is 11.9 Å². The highest BCUT2D eigenvalue weighted by Crippen LogP contribution is 2.22. The van der Waals surface area contributed by atoms with E-state index in [1.165, 1.54) is 29.5 Å². The van der Waals surface area contributed by atoms with Gasteiger partial charge in [0.05, 0.1) is 0 Å². The number of hydrogen-bond acceptors (Lipinski definition) is 1. The summed E-state index contributed by atoms with van der Waals surface area (Å²) in [7, 11) is 0. The molecule has 0 N–H and O–H groups in total. The second-order valence-corrected chi connectivity index (χ2v) is 5.74. The Morgan fingerprint density at radius 1 is 1.00 bits per heavy atom. The Morgan fingerprint density at radius 2 is 1.76 bits per heavy atom. The molecule has 106 valence electrons. The zero-order chi connectivity index (χ0) is 14.7. The minimum absolute atomic E-state index is 0.0895. The van der Waals surface area contributed by atoms with Crippen LogP contribution < -0.4 is 0 Å². The Kier molecular flexibility index (Phi) is 4.01. The monoisotopic (exact) mass is 276 g/mol. The number of rotatable bonds is 3. The molecule has 2 aromatic rings. The molecule has 0 unspecified atom stereocenters. The first-order valence-corrected chi connectivity index (χ1v) is 7.64. The molecular weight excluding hydrogens is 256 g/mol. The van der Waals surface area contributed by atoms with Crippen molar-refractivity contribution in [1.29, 1.82) is 0 Å². The minimum Gasteiger partial charge on any atom is -0.289 e. The molecule has 0 heterocycles. The third kappa shape index (κ3) is 3.13. The maximum Gasteiger partial charge on any atom is 0.185 e. The third-order valence-electron chi connectivity index (χ3n) is 4.24. The van der Waals surface area contributed by atoms with Gasteiger partial charge in [-0.25, -0.2) is 0 Å². The Balaban J connectivity index is 1.81. The lowest BCUT2D eigenvalue weighted by Gasteiger charge is -2.15. The SMILES string of the molecule is Cc1ccccc1/C=C/C(=O)c1ccc2c(c1)CCCC2. The average molecular weight is 276 g/mol. The summed E-state index contributed by atoms with van der Waals surface area (Å²) in [5, 5.41) is 0. The van der Waals surface area contributed by atoms with Crippen molar-refractivity contribution in [2.45, 2.75) is 32.6 Å². The van der Waals surface area contributed by atoms with Crippen molar-refractivity contribution in [3.63, 3.8) is 0 Å². The van der Waals surface area contributed by atoms with Gasteiger partial charge in [0, 0.05) is 5.56 Å². The number of ketones is 1. The van der Waals surface area contributed by atoms with E-state index in [0.29, 0.717) is 0 Å². The highest BCUT2D eigenvalue weighted by Gasteiger charge is 2.11. The molecule has 1 heteroatoms. The highest BCUT2D eigenvalue weighted by molar-refractivity contribution is 6.07. The Labute approximate surface area is 126 Å². The van der Waals surface area contributed by atoms with Crippen LogP contribution in [-0.2, 0) is 12.8 Å². The van der Waals surface area contributed by atoms with Gasteiger partial charge in [0.2, 0.25) is 0 Å². The molecule has 0 radical (unpaired) electrons. The van der Waals surface area contributed by atoms with Gasteiger partial charge in [0.25, 0.3) is 0 Å². The molecule has 0 aliphatic heterocycles. The average Bonchev–Trinajstić information content (AvgIpc) is 2.53. The van der Waals surface area contributed by atoms with Gasteiger partial charge in [-0.1, -0.05) is 42.5 Å². The number of benzene rings is 2. The lowest BCUT2D eigenvalue weighted by molar-refractivity contribution is 0.104. The second-order valence-electron chi connectivity index (χ2n) is 5.74. The van der Waals surface area contributed by atoms with Crippen molar-refractivity contribution in [2.75, 3.05) is 0 Å². The molecule has 21 heavy (non-hydrogen) atoms. The highest BCUT2D eigenvalue weighted by atomic mass is 16.1. The molecule has 0 fully saturated rings. The fourth-order valence-corrected chi connectivity index (χ4v) is 2.92. The molecule has 0 saturated heterocycles. The first kappa shape index (κ1) is 13.8. The van der Waals surface area contributed by atoms with Gasteiger partial charge in [-0.3, -0.25) is 4.79 Å². The smallest absolute Gasteiger partial charge is 0.185 e. The van der Waals surface area contributed by atoms with Crippen LogP contribution in [0.4, 0.5) is 0 Å². The van der Waals surface area contributed by atoms with Crippen LogP contribution >= 0.6 is 0 Å². The van der Waals surface area contributed by atoms with E-state index in [0.717, 1.165) is 24.0 Å². The van der Waals surface area contributed by atoms with Crippen LogP contribution in [0.5, 0.6) is 0 Å². The second kappa shape index (κ2) is 6.09. The van der Waals surface area contributed by atoms with Crippen LogP contribution in [0.15, 0.2) is 48.5 Å². The van der Waals surface area contributed by atoms with E-state index in [2.05, 4.69) is 25.1 Å². The number of carbonyl (C=O) groups is 1.